The Bertz CT molecular complexity index is 1230. The maximum Gasteiger partial charge on any atom is 0.416 e. The fourth-order valence-corrected chi connectivity index (χ4v) is 4.56. The number of halogens is 3. The van der Waals surface area contributed by atoms with Gasteiger partial charge in [-0.1, -0.05) is 61.4 Å². The van der Waals surface area contributed by atoms with Crippen LogP contribution in [0.15, 0.2) is 60.8 Å². The molecule has 4 rings (SSSR count). The van der Waals surface area contributed by atoms with Gasteiger partial charge in [0.1, 0.15) is 5.36 Å². The van der Waals surface area contributed by atoms with Crippen LogP contribution in [0.4, 0.5) is 13.2 Å². The third-order valence-electron chi connectivity index (χ3n) is 6.33. The average molecular weight is 470 g/mol. The summed E-state index contributed by atoms with van der Waals surface area (Å²) in [6.45, 7) is 0.408. The third kappa shape index (κ3) is 4.98. The van der Waals surface area contributed by atoms with Gasteiger partial charge in [0.2, 0.25) is 0 Å². The van der Waals surface area contributed by atoms with Crippen LogP contribution in [0.5, 0.6) is 5.75 Å². The molecule has 1 heterocycles. The first-order valence-corrected chi connectivity index (χ1v) is 11.0. The largest absolute Gasteiger partial charge is 0.504 e. The second-order valence-corrected chi connectivity index (χ2v) is 8.67. The number of aromatic hydroxyl groups is 1. The topological polar surface area (TPSA) is 91.0 Å². The van der Waals surface area contributed by atoms with Crippen molar-refractivity contribution in [2.24, 2.45) is 0 Å². The lowest BCUT2D eigenvalue weighted by molar-refractivity contribution is -0.137. The fraction of sp³-hybridized carbons (Fsp3) is 0.320. The molecule has 34 heavy (non-hydrogen) atoms. The van der Waals surface area contributed by atoms with E-state index in [4.69, 9.17) is 5.41 Å². The molecule has 3 aromatic rings. The number of hydrogen-bond donors (Lipinski definition) is 3. The van der Waals surface area contributed by atoms with Crippen molar-refractivity contribution in [3.05, 3.63) is 88.5 Å². The average Bonchev–Trinajstić information content (AvgIpc) is 3.29. The molecule has 9 heteroatoms. The van der Waals surface area contributed by atoms with Gasteiger partial charge in [-0.2, -0.15) is 18.3 Å². The normalized spacial score (nSPS) is 15.3. The molecule has 1 aliphatic carbocycles. The molecular formula is C25H25F3N4O2. The molecule has 1 saturated carbocycles. The van der Waals surface area contributed by atoms with Crippen molar-refractivity contribution in [3.8, 4) is 5.75 Å². The molecule has 178 valence electrons. The summed E-state index contributed by atoms with van der Waals surface area (Å²) in [4.78, 5) is 12.7. The van der Waals surface area contributed by atoms with Gasteiger partial charge < -0.3 is 10.4 Å². The summed E-state index contributed by atoms with van der Waals surface area (Å²) in [5.41, 5.74) is -0.150. The van der Waals surface area contributed by atoms with E-state index in [9.17, 15) is 23.1 Å². The molecule has 0 unspecified atom stereocenters. The number of carbonyl (C=O) groups is 1. The van der Waals surface area contributed by atoms with E-state index in [1.165, 1.54) is 23.0 Å². The van der Waals surface area contributed by atoms with Crippen molar-refractivity contribution >= 4 is 5.91 Å². The molecule has 0 saturated heterocycles. The predicted molar refractivity (Wildman–Crippen MR) is 119 cm³/mol. The standard InChI is InChI=1S/C25H25F3N4O2/c26-25(27,28)19-10-6-9-18(13-19)24(11-4-5-12-24)16-32-15-20(33)21(29)22(31-32)23(34)30-14-17-7-2-1-3-8-17/h1-3,6-10,13,15,29,33H,4-5,11-12,14,16H2,(H,30,34). The van der Waals surface area contributed by atoms with Crippen LogP contribution < -0.4 is 10.7 Å². The Hall–Kier alpha value is -3.62. The van der Waals surface area contributed by atoms with E-state index < -0.39 is 34.2 Å². The van der Waals surface area contributed by atoms with Gasteiger partial charge in [-0.3, -0.25) is 14.9 Å². The summed E-state index contributed by atoms with van der Waals surface area (Å²) >= 11 is 0. The van der Waals surface area contributed by atoms with Gasteiger partial charge in [-0.25, -0.2) is 0 Å². The zero-order chi connectivity index (χ0) is 24.3. The van der Waals surface area contributed by atoms with Crippen LogP contribution in [0.1, 0.15) is 52.9 Å². The first-order valence-electron chi connectivity index (χ1n) is 11.0. The van der Waals surface area contributed by atoms with Gasteiger partial charge >= 0.3 is 6.18 Å². The summed E-state index contributed by atoms with van der Waals surface area (Å²) in [5.74, 6) is -1.03. The smallest absolute Gasteiger partial charge is 0.416 e. The van der Waals surface area contributed by atoms with E-state index in [2.05, 4.69) is 10.4 Å². The monoisotopic (exact) mass is 470 g/mol. The van der Waals surface area contributed by atoms with E-state index >= 15 is 0 Å². The van der Waals surface area contributed by atoms with Gasteiger partial charge in [0.25, 0.3) is 5.91 Å². The Morgan fingerprint density at radius 1 is 1.12 bits per heavy atom. The molecule has 1 fully saturated rings. The van der Waals surface area contributed by atoms with Gasteiger partial charge in [-0.05, 0) is 30.0 Å². The van der Waals surface area contributed by atoms with Crippen molar-refractivity contribution in [2.75, 3.05) is 0 Å². The number of amides is 1. The lowest BCUT2D eigenvalue weighted by Gasteiger charge is -2.31. The minimum Gasteiger partial charge on any atom is -0.504 e. The highest BCUT2D eigenvalue weighted by Crippen LogP contribution is 2.44. The molecule has 1 amide bonds. The van der Waals surface area contributed by atoms with Crippen LogP contribution in [0, 0.1) is 5.41 Å². The number of benzene rings is 2. The van der Waals surface area contributed by atoms with Crippen molar-refractivity contribution in [1.29, 1.82) is 5.41 Å². The summed E-state index contributed by atoms with van der Waals surface area (Å²) in [6.07, 6.45) is -0.183. The molecule has 6 nitrogen and oxygen atoms in total. The molecule has 0 aliphatic heterocycles. The first kappa shape index (κ1) is 23.5. The maximum atomic E-state index is 13.3. The quantitative estimate of drug-likeness (QED) is 0.494. The molecule has 0 radical (unpaired) electrons. The zero-order valence-corrected chi connectivity index (χ0v) is 18.4. The number of nitrogens with one attached hydrogen (secondary N) is 2. The molecule has 1 aromatic heterocycles. The second-order valence-electron chi connectivity index (χ2n) is 8.67. The molecule has 0 spiro atoms. The molecular weight excluding hydrogens is 445 g/mol. The third-order valence-corrected chi connectivity index (χ3v) is 6.33. The minimum absolute atomic E-state index is 0.182. The Kier molecular flexibility index (Phi) is 6.45. The van der Waals surface area contributed by atoms with E-state index in [-0.39, 0.29) is 18.8 Å². The number of hydrogen-bond acceptors (Lipinski definition) is 4. The molecule has 0 atom stereocenters. The van der Waals surface area contributed by atoms with Crippen LogP contribution in [-0.4, -0.2) is 20.8 Å². The molecule has 3 N–H and O–H groups in total. The van der Waals surface area contributed by atoms with Crippen molar-refractivity contribution in [3.63, 3.8) is 0 Å². The lowest BCUT2D eigenvalue weighted by Crippen LogP contribution is -2.34. The zero-order valence-electron chi connectivity index (χ0n) is 18.4. The highest BCUT2D eigenvalue weighted by Gasteiger charge is 2.39. The SMILES string of the molecule is N=c1c(O)cn(CC2(c3cccc(C(F)(F)F)c3)CCCC2)nc1C(=O)NCc1ccccc1. The fourth-order valence-electron chi connectivity index (χ4n) is 4.56. The summed E-state index contributed by atoms with van der Waals surface area (Å²) in [7, 11) is 0. The second kappa shape index (κ2) is 9.32. The van der Waals surface area contributed by atoms with E-state index in [1.54, 1.807) is 6.07 Å². The minimum atomic E-state index is -4.45. The van der Waals surface area contributed by atoms with Gasteiger partial charge in [0.15, 0.2) is 11.4 Å². The Balaban J connectivity index is 1.63. The van der Waals surface area contributed by atoms with E-state index in [0.717, 1.165) is 24.5 Å². The number of alkyl halides is 3. The van der Waals surface area contributed by atoms with Crippen LogP contribution in [-0.2, 0) is 24.7 Å². The Morgan fingerprint density at radius 2 is 1.82 bits per heavy atom. The lowest BCUT2D eigenvalue weighted by atomic mass is 9.78. The Morgan fingerprint density at radius 3 is 2.50 bits per heavy atom. The van der Waals surface area contributed by atoms with Gasteiger partial charge in [0, 0.05) is 12.0 Å². The first-order chi connectivity index (χ1) is 16.2. The molecule has 1 aliphatic rings. The van der Waals surface area contributed by atoms with Crippen LogP contribution in [0.2, 0.25) is 0 Å². The summed E-state index contributed by atoms with van der Waals surface area (Å²) in [6, 6.07) is 14.5. The van der Waals surface area contributed by atoms with Crippen molar-refractivity contribution in [1.82, 2.24) is 15.1 Å². The maximum absolute atomic E-state index is 13.3. The summed E-state index contributed by atoms with van der Waals surface area (Å²) < 4.78 is 41.3. The predicted octanol–water partition coefficient (Wildman–Crippen LogP) is 4.53. The van der Waals surface area contributed by atoms with Crippen molar-refractivity contribution in [2.45, 2.75) is 50.4 Å². The molecule has 2 aromatic carbocycles. The van der Waals surface area contributed by atoms with Gasteiger partial charge in [-0.15, -0.1) is 0 Å². The number of nitrogens with zero attached hydrogens (tertiary/aromatic N) is 2. The van der Waals surface area contributed by atoms with Crippen molar-refractivity contribution < 1.29 is 23.1 Å². The number of rotatable bonds is 6. The molecule has 0 bridgehead atoms. The van der Waals surface area contributed by atoms with Gasteiger partial charge in [0.05, 0.1) is 18.3 Å². The number of aromatic nitrogens is 2. The van der Waals surface area contributed by atoms with Crippen LogP contribution in [0.3, 0.4) is 0 Å². The highest BCUT2D eigenvalue weighted by atomic mass is 19.4. The number of carbonyl (C=O) groups excluding carboxylic acids is 1. The van der Waals surface area contributed by atoms with E-state index in [1.807, 2.05) is 30.3 Å². The highest BCUT2D eigenvalue weighted by molar-refractivity contribution is 5.92. The summed E-state index contributed by atoms with van der Waals surface area (Å²) in [5, 5.41) is 25.0. The Labute approximate surface area is 194 Å². The van der Waals surface area contributed by atoms with Crippen LogP contribution in [0.25, 0.3) is 0 Å². The van der Waals surface area contributed by atoms with E-state index in [0.29, 0.717) is 18.4 Å². The van der Waals surface area contributed by atoms with Crippen LogP contribution >= 0.6 is 0 Å².